The second-order valence-corrected chi connectivity index (χ2v) is 3.78. The molecule has 0 unspecified atom stereocenters. The van der Waals surface area contributed by atoms with Gasteiger partial charge in [-0.2, -0.15) is 0 Å². The van der Waals surface area contributed by atoms with E-state index in [1.807, 2.05) is 27.7 Å². The molecule has 0 saturated heterocycles. The molecule has 0 fully saturated rings. The van der Waals surface area contributed by atoms with E-state index in [1.165, 1.54) is 0 Å². The van der Waals surface area contributed by atoms with Crippen molar-refractivity contribution < 1.29 is 9.76 Å². The first-order valence-corrected chi connectivity index (χ1v) is 4.15. The van der Waals surface area contributed by atoms with Crippen LogP contribution in [0.25, 0.3) is 0 Å². The van der Waals surface area contributed by atoms with Crippen LogP contribution in [0.5, 0.6) is 0 Å². The second kappa shape index (κ2) is 4.50. The fourth-order valence-corrected chi connectivity index (χ4v) is 0.363. The summed E-state index contributed by atoms with van der Waals surface area (Å²) in [6.45, 7) is 8.12. The maximum absolute atomic E-state index is 8.14. The topological polar surface area (TPSA) is 55.5 Å². The third-order valence-corrected chi connectivity index (χ3v) is 1.54. The summed E-state index contributed by atoms with van der Waals surface area (Å²) in [5.74, 6) is 0.440. The summed E-state index contributed by atoms with van der Waals surface area (Å²) < 4.78 is 4.94. The van der Waals surface area contributed by atoms with Crippen LogP contribution < -0.4 is 5.73 Å². The molecule has 70 valence electrons. The van der Waals surface area contributed by atoms with E-state index in [4.69, 9.17) is 15.5 Å². The zero-order valence-electron chi connectivity index (χ0n) is 8.29. The normalized spacial score (nSPS) is 17.7. The fourth-order valence-electron chi connectivity index (χ4n) is 0.363. The molecule has 1 rings (SSSR count). The van der Waals surface area contributed by atoms with Gasteiger partial charge in [0.2, 0.25) is 0 Å². The molecule has 0 aliphatic carbocycles. The zero-order valence-corrected chi connectivity index (χ0v) is 8.29. The van der Waals surface area contributed by atoms with Crippen molar-refractivity contribution in [1.82, 2.24) is 0 Å². The first-order valence-electron chi connectivity index (χ1n) is 4.15. The summed E-state index contributed by atoms with van der Waals surface area (Å²) in [6.07, 6.45) is 0. The average Bonchev–Trinajstić information content (AvgIpc) is 2.03. The number of hydrogen-bond donors (Lipinski definition) is 2. The van der Waals surface area contributed by atoms with Gasteiger partial charge in [0, 0.05) is 6.61 Å². The standard InChI is InChI=1S/C4H8BNO.C4H10O/c1-4(2)3(6)5-7-4;1-4(2)3-5/h6H2,1-2H3;4-5H,3H2,1-2H3. The van der Waals surface area contributed by atoms with Crippen molar-refractivity contribution in [2.24, 2.45) is 11.7 Å². The molecule has 0 spiro atoms. The summed E-state index contributed by atoms with van der Waals surface area (Å²) in [4.78, 5) is 0. The number of aliphatic hydroxyl groups excluding tert-OH is 1. The average molecular weight is 171 g/mol. The van der Waals surface area contributed by atoms with Gasteiger partial charge in [0.25, 0.3) is 0 Å². The van der Waals surface area contributed by atoms with Gasteiger partial charge in [-0.1, -0.05) is 13.8 Å². The molecule has 0 aromatic carbocycles. The molecule has 0 atom stereocenters. The molecule has 1 aliphatic heterocycles. The molecule has 3 N–H and O–H groups in total. The molecular weight excluding hydrogens is 153 g/mol. The van der Waals surface area contributed by atoms with Crippen LogP contribution in [-0.2, 0) is 4.65 Å². The molecule has 3 nitrogen and oxygen atoms in total. The molecular formula is C8H18BNO2. The van der Waals surface area contributed by atoms with Crippen molar-refractivity contribution in [2.45, 2.75) is 33.3 Å². The van der Waals surface area contributed by atoms with E-state index in [1.54, 1.807) is 7.12 Å². The summed E-state index contributed by atoms with van der Waals surface area (Å²) in [5, 5.41) is 8.14. The summed E-state index contributed by atoms with van der Waals surface area (Å²) in [6, 6.07) is 0. The Morgan fingerprint density at radius 1 is 1.58 bits per heavy atom. The van der Waals surface area contributed by atoms with Gasteiger partial charge in [-0.3, -0.25) is 0 Å². The Balaban J connectivity index is 0.000000217. The predicted octanol–water partition coefficient (Wildman–Crippen LogP) is 0.138. The van der Waals surface area contributed by atoms with E-state index in [0.29, 0.717) is 12.5 Å². The van der Waals surface area contributed by atoms with Crippen LogP contribution in [-0.4, -0.2) is 30.0 Å². The Bertz CT molecular complexity index is 166. The van der Waals surface area contributed by atoms with Crippen LogP contribution in [0, 0.1) is 5.92 Å². The molecule has 4 heteroatoms. The molecule has 1 heterocycles. The Morgan fingerprint density at radius 2 is 1.92 bits per heavy atom. The molecule has 0 aromatic heterocycles. The second-order valence-electron chi connectivity index (χ2n) is 3.78. The van der Waals surface area contributed by atoms with E-state index in [0.717, 1.165) is 5.59 Å². The molecule has 0 amide bonds. The maximum atomic E-state index is 8.14. The van der Waals surface area contributed by atoms with Gasteiger partial charge in [0.05, 0.1) is 0 Å². The first-order chi connectivity index (χ1) is 5.40. The summed E-state index contributed by atoms with van der Waals surface area (Å²) in [7, 11) is 1.57. The van der Waals surface area contributed by atoms with Crippen LogP contribution in [0.3, 0.4) is 0 Å². The third kappa shape index (κ3) is 3.76. The van der Waals surface area contributed by atoms with Gasteiger partial charge in [-0.15, -0.1) is 0 Å². The minimum absolute atomic E-state index is 0.181. The molecule has 0 saturated carbocycles. The molecule has 1 aliphatic rings. The van der Waals surface area contributed by atoms with Crippen molar-refractivity contribution in [3.05, 3.63) is 0 Å². The van der Waals surface area contributed by atoms with E-state index >= 15 is 0 Å². The Hall–Kier alpha value is -0.505. The summed E-state index contributed by atoms with van der Waals surface area (Å²) >= 11 is 0. The van der Waals surface area contributed by atoms with Crippen molar-refractivity contribution in [1.29, 1.82) is 0 Å². The van der Waals surface area contributed by atoms with Gasteiger partial charge in [0.15, 0.2) is 0 Å². The Kier molecular flexibility index (Phi) is 4.31. The quantitative estimate of drug-likeness (QED) is 0.551. The molecule has 0 bridgehead atoms. The van der Waals surface area contributed by atoms with Gasteiger partial charge >= 0.3 is 42.5 Å². The van der Waals surface area contributed by atoms with Crippen LogP contribution >= 0.6 is 0 Å². The van der Waals surface area contributed by atoms with Crippen molar-refractivity contribution in [2.75, 3.05) is 6.61 Å². The molecule has 0 aromatic rings. The van der Waals surface area contributed by atoms with E-state index in [2.05, 4.69) is 0 Å². The van der Waals surface area contributed by atoms with Crippen LogP contribution in [0.15, 0.2) is 0 Å². The Morgan fingerprint density at radius 3 is 1.92 bits per heavy atom. The zero-order chi connectivity index (χ0) is 9.78. The molecule has 0 radical (unpaired) electrons. The van der Waals surface area contributed by atoms with E-state index in [-0.39, 0.29) is 5.60 Å². The van der Waals surface area contributed by atoms with Crippen LogP contribution in [0.2, 0.25) is 0 Å². The van der Waals surface area contributed by atoms with Gasteiger partial charge < -0.3 is 5.11 Å². The van der Waals surface area contributed by atoms with Gasteiger partial charge in [-0.05, 0) is 5.92 Å². The van der Waals surface area contributed by atoms with Gasteiger partial charge in [0.1, 0.15) is 0 Å². The predicted molar refractivity (Wildman–Crippen MR) is 52.0 cm³/mol. The minimum atomic E-state index is -0.181. The van der Waals surface area contributed by atoms with Crippen molar-refractivity contribution >= 4 is 12.7 Å². The van der Waals surface area contributed by atoms with Gasteiger partial charge in [-0.25, -0.2) is 0 Å². The molecule has 12 heavy (non-hydrogen) atoms. The number of aliphatic hydroxyl groups is 1. The SMILES string of the molecule is CC(C)CO.CC1(C)OB=C1N. The first kappa shape index (κ1) is 11.5. The van der Waals surface area contributed by atoms with E-state index < -0.39 is 0 Å². The monoisotopic (exact) mass is 171 g/mol. The fraction of sp³-hybridized carbons (Fsp3) is 0.875. The summed E-state index contributed by atoms with van der Waals surface area (Å²) in [5.41, 5.74) is 6.04. The van der Waals surface area contributed by atoms with Crippen molar-refractivity contribution in [3.63, 3.8) is 0 Å². The third-order valence-electron chi connectivity index (χ3n) is 1.54. The number of hydrogen-bond acceptors (Lipinski definition) is 3. The van der Waals surface area contributed by atoms with Crippen LogP contribution in [0.4, 0.5) is 0 Å². The van der Waals surface area contributed by atoms with Crippen molar-refractivity contribution in [3.8, 4) is 0 Å². The Labute approximate surface area is 74.9 Å². The van der Waals surface area contributed by atoms with Crippen LogP contribution in [0.1, 0.15) is 27.7 Å². The number of rotatable bonds is 1. The number of nitrogens with two attached hydrogens (primary N) is 1. The van der Waals surface area contributed by atoms with E-state index in [9.17, 15) is 0 Å².